The zero-order valence-electron chi connectivity index (χ0n) is 14.2. The van der Waals surface area contributed by atoms with Gasteiger partial charge in [-0.05, 0) is 54.8 Å². The number of nitrogens with one attached hydrogen (secondary N) is 2. The Hall–Kier alpha value is -3.21. The Morgan fingerprint density at radius 1 is 1.15 bits per heavy atom. The zero-order chi connectivity index (χ0) is 18.3. The summed E-state index contributed by atoms with van der Waals surface area (Å²) in [7, 11) is 0. The van der Waals surface area contributed by atoms with Crippen molar-refractivity contribution in [3.8, 4) is 0 Å². The van der Waals surface area contributed by atoms with E-state index in [1.54, 1.807) is 18.2 Å². The van der Waals surface area contributed by atoms with E-state index in [0.717, 1.165) is 16.8 Å². The lowest BCUT2D eigenvalue weighted by molar-refractivity contribution is -0.114. The molecule has 1 amide bonds. The van der Waals surface area contributed by atoms with Crippen LogP contribution in [0.2, 0.25) is 0 Å². The topological polar surface area (TPSA) is 62.0 Å². The summed E-state index contributed by atoms with van der Waals surface area (Å²) < 4.78 is 13.6. The molecule has 1 aromatic heterocycles. The molecule has 0 aliphatic heterocycles. The molecule has 0 saturated heterocycles. The molecule has 0 fully saturated rings. The smallest absolute Gasteiger partial charge is 0.221 e. The van der Waals surface area contributed by atoms with Gasteiger partial charge in [0.05, 0.1) is 5.56 Å². The number of aromatic nitrogens is 1. The Balaban J connectivity index is 1.68. The maximum Gasteiger partial charge on any atom is 0.221 e. The summed E-state index contributed by atoms with van der Waals surface area (Å²) in [5, 5.41) is 3.35. The van der Waals surface area contributed by atoms with E-state index < -0.39 is 0 Å². The minimum atomic E-state index is -0.350. The summed E-state index contributed by atoms with van der Waals surface area (Å²) in [5.74, 6) is -0.538. The van der Waals surface area contributed by atoms with Crippen LogP contribution < -0.4 is 5.32 Å². The number of hydrogen-bond acceptors (Lipinski definition) is 2. The largest absolute Gasteiger partial charge is 0.358 e. The number of H-pyrrole nitrogens is 1. The molecule has 5 heteroatoms. The molecular weight excluding hydrogens is 331 g/mol. The van der Waals surface area contributed by atoms with Gasteiger partial charge >= 0.3 is 0 Å². The van der Waals surface area contributed by atoms with Gasteiger partial charge in [-0.3, -0.25) is 9.59 Å². The van der Waals surface area contributed by atoms with Crippen molar-refractivity contribution in [1.29, 1.82) is 0 Å². The van der Waals surface area contributed by atoms with Gasteiger partial charge in [0.15, 0.2) is 5.78 Å². The number of Topliss-reactive ketones (excluding diaryl/α,β-unsaturated/α-hetero) is 1. The summed E-state index contributed by atoms with van der Waals surface area (Å²) in [5.41, 5.74) is 4.53. The van der Waals surface area contributed by atoms with Gasteiger partial charge in [-0.15, -0.1) is 0 Å². The molecule has 0 spiro atoms. The highest BCUT2D eigenvalue weighted by Gasteiger charge is 2.26. The first-order valence-electron chi connectivity index (χ1n) is 8.44. The SMILES string of the molecule is CC(=O)Nc1ccc(C=C2CCc3[nH]c4ccc(F)cc4c3C2=O)cc1. The maximum atomic E-state index is 13.6. The molecule has 2 N–H and O–H groups in total. The molecule has 130 valence electrons. The lowest BCUT2D eigenvalue weighted by Crippen LogP contribution is -2.13. The highest BCUT2D eigenvalue weighted by Crippen LogP contribution is 2.32. The Morgan fingerprint density at radius 2 is 1.92 bits per heavy atom. The number of benzene rings is 2. The molecule has 1 heterocycles. The summed E-state index contributed by atoms with van der Waals surface area (Å²) in [6.07, 6.45) is 3.21. The van der Waals surface area contributed by atoms with Crippen molar-refractivity contribution >= 4 is 34.4 Å². The quantitative estimate of drug-likeness (QED) is 0.671. The number of fused-ring (bicyclic) bond motifs is 3. The molecule has 3 aromatic rings. The monoisotopic (exact) mass is 348 g/mol. The fraction of sp³-hybridized carbons (Fsp3) is 0.143. The number of carbonyl (C=O) groups is 2. The van der Waals surface area contributed by atoms with Gasteiger partial charge in [-0.2, -0.15) is 0 Å². The van der Waals surface area contributed by atoms with Crippen molar-refractivity contribution in [1.82, 2.24) is 4.98 Å². The number of aryl methyl sites for hydroxylation is 1. The number of amides is 1. The first-order chi connectivity index (χ1) is 12.5. The highest BCUT2D eigenvalue weighted by molar-refractivity contribution is 6.19. The van der Waals surface area contributed by atoms with Crippen molar-refractivity contribution in [3.05, 3.63) is 70.7 Å². The number of rotatable bonds is 2. The van der Waals surface area contributed by atoms with Crippen LogP contribution >= 0.6 is 0 Å². The Morgan fingerprint density at radius 3 is 2.65 bits per heavy atom. The molecule has 0 saturated carbocycles. The number of hydrogen-bond donors (Lipinski definition) is 2. The van der Waals surface area contributed by atoms with Gasteiger partial charge in [0.1, 0.15) is 5.82 Å². The number of carbonyl (C=O) groups excluding carboxylic acids is 2. The van der Waals surface area contributed by atoms with Crippen LogP contribution in [0.1, 0.15) is 35.0 Å². The second kappa shape index (κ2) is 6.26. The molecule has 0 radical (unpaired) electrons. The Kier molecular flexibility index (Phi) is 3.92. The summed E-state index contributed by atoms with van der Waals surface area (Å²) in [6, 6.07) is 11.8. The molecule has 26 heavy (non-hydrogen) atoms. The zero-order valence-corrected chi connectivity index (χ0v) is 14.2. The first-order valence-corrected chi connectivity index (χ1v) is 8.44. The van der Waals surface area contributed by atoms with Crippen molar-refractivity contribution < 1.29 is 14.0 Å². The van der Waals surface area contributed by atoms with Crippen molar-refractivity contribution in [2.75, 3.05) is 5.32 Å². The van der Waals surface area contributed by atoms with E-state index in [1.807, 2.05) is 18.2 Å². The summed E-state index contributed by atoms with van der Waals surface area (Å²) in [4.78, 5) is 27.3. The molecule has 4 rings (SSSR count). The van der Waals surface area contributed by atoms with Crippen LogP contribution in [0.3, 0.4) is 0 Å². The molecule has 1 aliphatic rings. The van der Waals surface area contributed by atoms with Crippen LogP contribution in [0.5, 0.6) is 0 Å². The van der Waals surface area contributed by atoms with Crippen molar-refractivity contribution in [3.63, 3.8) is 0 Å². The lowest BCUT2D eigenvalue weighted by atomic mass is 9.88. The van der Waals surface area contributed by atoms with E-state index in [0.29, 0.717) is 35.1 Å². The number of halogens is 1. The van der Waals surface area contributed by atoms with Crippen LogP contribution in [-0.2, 0) is 11.2 Å². The first kappa shape index (κ1) is 16.3. The van der Waals surface area contributed by atoms with Crippen LogP contribution in [0, 0.1) is 5.82 Å². The van der Waals surface area contributed by atoms with Crippen molar-refractivity contribution in [2.45, 2.75) is 19.8 Å². The average molecular weight is 348 g/mol. The van der Waals surface area contributed by atoms with Gasteiger partial charge in [-0.1, -0.05) is 12.1 Å². The van der Waals surface area contributed by atoms with E-state index in [4.69, 9.17) is 0 Å². The van der Waals surface area contributed by atoms with E-state index in [9.17, 15) is 14.0 Å². The molecule has 4 nitrogen and oxygen atoms in total. The lowest BCUT2D eigenvalue weighted by Gasteiger charge is -2.14. The maximum absolute atomic E-state index is 13.6. The number of anilines is 1. The molecular formula is C21H17FN2O2. The van der Waals surface area contributed by atoms with Crippen LogP contribution in [-0.4, -0.2) is 16.7 Å². The summed E-state index contributed by atoms with van der Waals surface area (Å²) >= 11 is 0. The normalized spacial score (nSPS) is 15.3. The van der Waals surface area contributed by atoms with Gasteiger partial charge < -0.3 is 10.3 Å². The van der Waals surface area contributed by atoms with Gasteiger partial charge in [0.25, 0.3) is 0 Å². The third kappa shape index (κ3) is 2.92. The minimum absolute atomic E-state index is 0.0611. The van der Waals surface area contributed by atoms with E-state index in [-0.39, 0.29) is 17.5 Å². The number of allylic oxidation sites excluding steroid dienone is 1. The molecule has 0 unspecified atom stereocenters. The Bertz CT molecular complexity index is 1060. The molecule has 2 aromatic carbocycles. The second-order valence-electron chi connectivity index (χ2n) is 6.47. The van der Waals surface area contributed by atoms with Crippen molar-refractivity contribution in [2.24, 2.45) is 0 Å². The minimum Gasteiger partial charge on any atom is -0.358 e. The second-order valence-corrected chi connectivity index (χ2v) is 6.47. The molecule has 0 bridgehead atoms. The van der Waals surface area contributed by atoms with Gasteiger partial charge in [0, 0.05) is 34.8 Å². The average Bonchev–Trinajstić information content (AvgIpc) is 2.97. The van der Waals surface area contributed by atoms with Crippen LogP contribution in [0.15, 0.2) is 48.0 Å². The number of ketones is 1. The van der Waals surface area contributed by atoms with E-state index in [2.05, 4.69) is 10.3 Å². The summed E-state index contributed by atoms with van der Waals surface area (Å²) in [6.45, 7) is 1.46. The predicted molar refractivity (Wildman–Crippen MR) is 99.6 cm³/mol. The Labute approximate surface area is 149 Å². The van der Waals surface area contributed by atoms with Gasteiger partial charge in [0.2, 0.25) is 5.91 Å². The number of aromatic amines is 1. The fourth-order valence-electron chi connectivity index (χ4n) is 3.41. The molecule has 0 atom stereocenters. The highest BCUT2D eigenvalue weighted by atomic mass is 19.1. The predicted octanol–water partition coefficient (Wildman–Crippen LogP) is 4.48. The van der Waals surface area contributed by atoms with Crippen LogP contribution in [0.25, 0.3) is 17.0 Å². The third-order valence-electron chi connectivity index (χ3n) is 4.57. The third-order valence-corrected chi connectivity index (χ3v) is 4.57. The van der Waals surface area contributed by atoms with Crippen LogP contribution in [0.4, 0.5) is 10.1 Å². The van der Waals surface area contributed by atoms with Gasteiger partial charge in [-0.25, -0.2) is 4.39 Å². The van der Waals surface area contributed by atoms with E-state index in [1.165, 1.54) is 19.1 Å². The molecule has 1 aliphatic carbocycles. The standard InChI is InChI=1S/C21H17FN2O2/c1-12(25)23-16-6-2-13(3-7-16)10-14-4-8-19-20(21(14)26)17-11-15(22)5-9-18(17)24-19/h2-3,5-7,9-11,24H,4,8H2,1H3,(H,23,25). The van der Waals surface area contributed by atoms with E-state index >= 15 is 0 Å². The fourth-order valence-corrected chi connectivity index (χ4v) is 3.41.